The van der Waals surface area contributed by atoms with Crippen molar-refractivity contribution in [3.63, 3.8) is 0 Å². The van der Waals surface area contributed by atoms with Crippen LogP contribution in [0.25, 0.3) is 0 Å². The molecule has 1 fully saturated rings. The van der Waals surface area contributed by atoms with E-state index in [2.05, 4.69) is 0 Å². The highest BCUT2D eigenvalue weighted by Gasteiger charge is 2.44. The van der Waals surface area contributed by atoms with E-state index in [-0.39, 0.29) is 18.0 Å². The third kappa shape index (κ3) is 2.15. The van der Waals surface area contributed by atoms with Crippen LogP contribution in [0.2, 0.25) is 0 Å². The Hall–Kier alpha value is -1.11. The van der Waals surface area contributed by atoms with Crippen LogP contribution < -0.4 is 5.73 Å². The number of anilines is 1. The van der Waals surface area contributed by atoms with Crippen LogP contribution in [0.5, 0.6) is 0 Å². The lowest BCUT2D eigenvalue weighted by Gasteiger charge is -2.43. The van der Waals surface area contributed by atoms with Crippen molar-refractivity contribution in [2.45, 2.75) is 24.3 Å². The van der Waals surface area contributed by atoms with Crippen molar-refractivity contribution in [2.24, 2.45) is 0 Å². The predicted molar refractivity (Wildman–Crippen MR) is 65.0 cm³/mol. The number of nitrogens with zero attached hydrogens (tertiary/aromatic N) is 1. The summed E-state index contributed by atoms with van der Waals surface area (Å²) in [5.41, 5.74) is 5.77. The number of hydrogen-bond acceptors (Lipinski definition) is 4. The molecule has 0 unspecified atom stereocenters. The summed E-state index contributed by atoms with van der Waals surface area (Å²) in [6, 6.07) is 4.80. The number of aryl methyl sites for hydroxylation is 1. The summed E-state index contributed by atoms with van der Waals surface area (Å²) in [6.07, 6.45) is 0. The second kappa shape index (κ2) is 3.69. The molecule has 1 aromatic carbocycles. The van der Waals surface area contributed by atoms with Crippen molar-refractivity contribution in [1.29, 1.82) is 0 Å². The number of rotatable bonds is 2. The Kier molecular flexibility index (Phi) is 2.68. The van der Waals surface area contributed by atoms with E-state index < -0.39 is 15.6 Å². The fraction of sp³-hybridized carbons (Fsp3) is 0.455. The van der Waals surface area contributed by atoms with E-state index >= 15 is 0 Å². The molecule has 6 heteroatoms. The standard InChI is InChI=1S/C11H16N2O3S/c1-8-3-4-9(12)5-10(8)17(15,16)13-6-11(2,14)7-13/h3-5,14H,6-7,12H2,1-2H3. The van der Waals surface area contributed by atoms with E-state index in [9.17, 15) is 13.5 Å². The van der Waals surface area contributed by atoms with Crippen LogP contribution in [0.3, 0.4) is 0 Å². The van der Waals surface area contributed by atoms with Gasteiger partial charge in [0.2, 0.25) is 10.0 Å². The molecule has 5 nitrogen and oxygen atoms in total. The number of nitrogen functional groups attached to an aromatic ring is 1. The zero-order valence-electron chi connectivity index (χ0n) is 9.84. The Labute approximate surface area is 101 Å². The molecule has 0 amide bonds. The van der Waals surface area contributed by atoms with Crippen molar-refractivity contribution in [1.82, 2.24) is 4.31 Å². The molecule has 1 heterocycles. The van der Waals surface area contributed by atoms with Gasteiger partial charge in [0.25, 0.3) is 0 Å². The molecule has 1 aliphatic rings. The highest BCUT2D eigenvalue weighted by molar-refractivity contribution is 7.89. The van der Waals surface area contributed by atoms with E-state index in [1.807, 2.05) is 0 Å². The lowest BCUT2D eigenvalue weighted by atomic mass is 10.0. The number of hydrogen-bond donors (Lipinski definition) is 2. The van der Waals surface area contributed by atoms with Crippen LogP contribution in [0, 0.1) is 6.92 Å². The van der Waals surface area contributed by atoms with Gasteiger partial charge in [-0.25, -0.2) is 8.42 Å². The first-order valence-electron chi connectivity index (χ1n) is 5.31. The minimum atomic E-state index is -3.53. The summed E-state index contributed by atoms with van der Waals surface area (Å²) in [4.78, 5) is 0.216. The van der Waals surface area contributed by atoms with Crippen molar-refractivity contribution >= 4 is 15.7 Å². The van der Waals surface area contributed by atoms with Crippen LogP contribution in [-0.4, -0.2) is 36.5 Å². The van der Waals surface area contributed by atoms with Gasteiger partial charge in [-0.1, -0.05) is 6.07 Å². The highest BCUT2D eigenvalue weighted by Crippen LogP contribution is 2.29. The maximum atomic E-state index is 12.2. The fourth-order valence-electron chi connectivity index (χ4n) is 1.92. The number of β-amino-alcohol motifs (C(OH)–C–C–N with tert-alkyl or cyclic N) is 1. The molecule has 1 saturated heterocycles. The second-order valence-corrected chi connectivity index (χ2v) is 6.70. The average molecular weight is 256 g/mol. The minimum absolute atomic E-state index is 0.129. The van der Waals surface area contributed by atoms with Gasteiger partial charge in [-0.2, -0.15) is 4.31 Å². The normalized spacial score (nSPS) is 19.9. The summed E-state index contributed by atoms with van der Waals surface area (Å²) in [7, 11) is -3.53. The van der Waals surface area contributed by atoms with Gasteiger partial charge in [0.05, 0.1) is 10.5 Å². The second-order valence-electron chi connectivity index (χ2n) is 4.79. The van der Waals surface area contributed by atoms with Gasteiger partial charge in [-0.05, 0) is 31.5 Å². The van der Waals surface area contributed by atoms with Crippen LogP contribution >= 0.6 is 0 Å². The lowest BCUT2D eigenvalue weighted by Crippen LogP contribution is -2.61. The van der Waals surface area contributed by atoms with E-state index in [1.165, 1.54) is 10.4 Å². The van der Waals surface area contributed by atoms with Crippen LogP contribution in [0.4, 0.5) is 5.69 Å². The largest absolute Gasteiger partial charge is 0.399 e. The van der Waals surface area contributed by atoms with Crippen LogP contribution in [-0.2, 0) is 10.0 Å². The van der Waals surface area contributed by atoms with Gasteiger partial charge >= 0.3 is 0 Å². The molecule has 3 N–H and O–H groups in total. The molecule has 0 atom stereocenters. The minimum Gasteiger partial charge on any atom is -0.399 e. The molecule has 1 aliphatic heterocycles. The zero-order chi connectivity index (χ0) is 12.8. The molecule has 0 aliphatic carbocycles. The third-order valence-corrected chi connectivity index (χ3v) is 4.80. The van der Waals surface area contributed by atoms with E-state index in [1.54, 1.807) is 26.0 Å². The molecule has 0 radical (unpaired) electrons. The smallest absolute Gasteiger partial charge is 0.243 e. The Morgan fingerprint density at radius 1 is 1.41 bits per heavy atom. The fourth-order valence-corrected chi connectivity index (χ4v) is 3.85. The first-order valence-corrected chi connectivity index (χ1v) is 6.75. The maximum Gasteiger partial charge on any atom is 0.243 e. The Morgan fingerprint density at radius 2 is 2.00 bits per heavy atom. The topological polar surface area (TPSA) is 83.6 Å². The van der Waals surface area contributed by atoms with Gasteiger partial charge in [0.1, 0.15) is 0 Å². The zero-order valence-corrected chi connectivity index (χ0v) is 10.7. The lowest BCUT2D eigenvalue weighted by molar-refractivity contribution is -0.0426. The van der Waals surface area contributed by atoms with E-state index in [4.69, 9.17) is 5.73 Å². The summed E-state index contributed by atoms with van der Waals surface area (Å²) in [5.74, 6) is 0. The summed E-state index contributed by atoms with van der Waals surface area (Å²) >= 11 is 0. The van der Waals surface area contributed by atoms with Gasteiger partial charge in [-0.15, -0.1) is 0 Å². The first-order chi connectivity index (χ1) is 7.72. The quantitative estimate of drug-likeness (QED) is 0.747. The highest BCUT2D eigenvalue weighted by atomic mass is 32.2. The van der Waals surface area contributed by atoms with Crippen molar-refractivity contribution < 1.29 is 13.5 Å². The van der Waals surface area contributed by atoms with Gasteiger partial charge in [0.15, 0.2) is 0 Å². The number of nitrogens with two attached hydrogens (primary N) is 1. The SMILES string of the molecule is Cc1ccc(N)cc1S(=O)(=O)N1CC(C)(O)C1. The number of aliphatic hydroxyl groups is 1. The third-order valence-electron chi connectivity index (χ3n) is 2.86. The molecule has 0 aromatic heterocycles. The van der Waals surface area contributed by atoms with Crippen LogP contribution in [0.15, 0.2) is 23.1 Å². The molecule has 0 saturated carbocycles. The van der Waals surface area contributed by atoms with Gasteiger partial charge < -0.3 is 10.8 Å². The summed E-state index contributed by atoms with van der Waals surface area (Å²) in [5, 5.41) is 9.59. The molecule has 94 valence electrons. The average Bonchev–Trinajstić information content (AvgIpc) is 2.18. The molecule has 17 heavy (non-hydrogen) atoms. The predicted octanol–water partition coefficient (Wildman–Crippen LogP) is 0.333. The summed E-state index contributed by atoms with van der Waals surface area (Å²) < 4.78 is 25.7. The van der Waals surface area contributed by atoms with E-state index in [0.717, 1.165) is 0 Å². The molecule has 1 aromatic rings. The molecule has 0 bridgehead atoms. The Bertz CT molecular complexity index is 544. The monoisotopic (exact) mass is 256 g/mol. The first kappa shape index (κ1) is 12.3. The van der Waals surface area contributed by atoms with Crippen molar-refractivity contribution in [3.05, 3.63) is 23.8 Å². The van der Waals surface area contributed by atoms with Crippen molar-refractivity contribution in [2.75, 3.05) is 18.8 Å². The molecular formula is C11H16N2O3S. The summed E-state index contributed by atoms with van der Waals surface area (Å²) in [6.45, 7) is 3.60. The van der Waals surface area contributed by atoms with E-state index in [0.29, 0.717) is 11.3 Å². The Balaban J connectivity index is 2.36. The van der Waals surface area contributed by atoms with Crippen LogP contribution in [0.1, 0.15) is 12.5 Å². The van der Waals surface area contributed by atoms with Gasteiger partial charge in [-0.3, -0.25) is 0 Å². The number of benzene rings is 1. The van der Waals surface area contributed by atoms with Gasteiger partial charge in [0, 0.05) is 18.8 Å². The molecular weight excluding hydrogens is 240 g/mol. The molecule has 0 spiro atoms. The number of sulfonamides is 1. The maximum absolute atomic E-state index is 12.2. The van der Waals surface area contributed by atoms with Crippen molar-refractivity contribution in [3.8, 4) is 0 Å². The molecule has 2 rings (SSSR count). The Morgan fingerprint density at radius 3 is 2.53 bits per heavy atom.